The van der Waals surface area contributed by atoms with Crippen LogP contribution in [-0.4, -0.2) is 72.0 Å². The number of hydrogen-bond acceptors (Lipinski definition) is 5. The van der Waals surface area contributed by atoms with Gasteiger partial charge < -0.3 is 24.8 Å². The molecular weight excluding hydrogens is 384 g/mol. The van der Waals surface area contributed by atoms with Gasteiger partial charge in [-0.2, -0.15) is 0 Å². The molecule has 2 saturated heterocycles. The van der Waals surface area contributed by atoms with Crippen molar-refractivity contribution >= 4 is 11.8 Å². The van der Waals surface area contributed by atoms with Crippen molar-refractivity contribution in [3.63, 3.8) is 0 Å². The highest BCUT2D eigenvalue weighted by Gasteiger charge is 2.40. The van der Waals surface area contributed by atoms with Crippen molar-refractivity contribution in [3.05, 3.63) is 35.9 Å². The molecule has 0 bridgehead atoms. The third kappa shape index (κ3) is 5.39. The lowest BCUT2D eigenvalue weighted by Crippen LogP contribution is -2.58. The van der Waals surface area contributed by atoms with E-state index in [1.807, 2.05) is 30.3 Å². The van der Waals surface area contributed by atoms with E-state index in [2.05, 4.69) is 5.32 Å². The number of aliphatic hydroxyl groups is 1. The second-order valence-electron chi connectivity index (χ2n) is 8.74. The lowest BCUT2D eigenvalue weighted by Gasteiger charge is -2.44. The summed E-state index contributed by atoms with van der Waals surface area (Å²) >= 11 is 0. The minimum absolute atomic E-state index is 0.0121. The molecule has 2 N–H and O–H groups in total. The standard InChI is InChI=1S/C23H32N2O5/c26-18-13-25(23(28)11-16-5-2-1-3-6-16)20-10-9-19(30-21(20)15-29-14-18)12-22(27)24-17-7-4-8-17/h1-3,5-6,17-21,26H,4,7-15H2,(H,24,27)/t18-,19+,20+,21-/m0/s1. The third-order valence-electron chi connectivity index (χ3n) is 6.38. The van der Waals surface area contributed by atoms with Crippen LogP contribution in [0.2, 0.25) is 0 Å². The average molecular weight is 417 g/mol. The topological polar surface area (TPSA) is 88.1 Å². The van der Waals surface area contributed by atoms with Crippen molar-refractivity contribution in [2.45, 2.75) is 75.3 Å². The number of nitrogens with one attached hydrogen (secondary N) is 1. The molecule has 2 heterocycles. The number of aliphatic hydroxyl groups excluding tert-OH is 1. The Hall–Kier alpha value is -1.96. The summed E-state index contributed by atoms with van der Waals surface area (Å²) in [5, 5.41) is 13.3. The number of nitrogens with zero attached hydrogens (tertiary/aromatic N) is 1. The number of amides is 2. The Balaban J connectivity index is 1.39. The van der Waals surface area contributed by atoms with Gasteiger partial charge in [-0.1, -0.05) is 30.3 Å². The summed E-state index contributed by atoms with van der Waals surface area (Å²) in [5.41, 5.74) is 0.953. The van der Waals surface area contributed by atoms with Crippen LogP contribution >= 0.6 is 0 Å². The summed E-state index contributed by atoms with van der Waals surface area (Å²) in [4.78, 5) is 27.2. The molecule has 0 aromatic heterocycles. The van der Waals surface area contributed by atoms with E-state index in [9.17, 15) is 14.7 Å². The van der Waals surface area contributed by atoms with Crippen LogP contribution in [0.1, 0.15) is 44.1 Å². The first-order chi connectivity index (χ1) is 14.6. The molecule has 7 nitrogen and oxygen atoms in total. The van der Waals surface area contributed by atoms with Gasteiger partial charge in [-0.15, -0.1) is 0 Å². The fourth-order valence-electron chi connectivity index (χ4n) is 4.55. The molecule has 4 rings (SSSR count). The van der Waals surface area contributed by atoms with Gasteiger partial charge in [-0.3, -0.25) is 9.59 Å². The zero-order valence-electron chi connectivity index (χ0n) is 17.4. The normalized spacial score (nSPS) is 29.8. The largest absolute Gasteiger partial charge is 0.389 e. The van der Waals surface area contributed by atoms with E-state index in [4.69, 9.17) is 9.47 Å². The van der Waals surface area contributed by atoms with Gasteiger partial charge in [0.15, 0.2) is 0 Å². The maximum Gasteiger partial charge on any atom is 0.227 e. The van der Waals surface area contributed by atoms with E-state index < -0.39 is 6.10 Å². The fourth-order valence-corrected chi connectivity index (χ4v) is 4.55. The molecule has 3 fully saturated rings. The summed E-state index contributed by atoms with van der Waals surface area (Å²) in [6.07, 6.45) is 4.25. The van der Waals surface area contributed by atoms with Gasteiger partial charge in [0.25, 0.3) is 0 Å². The van der Waals surface area contributed by atoms with Crippen molar-refractivity contribution in [2.24, 2.45) is 0 Å². The van der Waals surface area contributed by atoms with Crippen LogP contribution < -0.4 is 5.32 Å². The molecule has 1 aromatic rings. The highest BCUT2D eigenvalue weighted by atomic mass is 16.5. The van der Waals surface area contributed by atoms with Crippen molar-refractivity contribution in [2.75, 3.05) is 19.8 Å². The first-order valence-electron chi connectivity index (χ1n) is 11.1. The van der Waals surface area contributed by atoms with Crippen molar-refractivity contribution in [1.29, 1.82) is 0 Å². The van der Waals surface area contributed by atoms with Crippen LogP contribution in [0.15, 0.2) is 30.3 Å². The SMILES string of the molecule is O=C(C[C@H]1CC[C@@H]2[C@H](COC[C@@H](O)CN2C(=O)Cc2ccccc2)O1)NC1CCC1. The van der Waals surface area contributed by atoms with Crippen LogP contribution in [0.4, 0.5) is 0 Å². The third-order valence-corrected chi connectivity index (χ3v) is 6.38. The predicted molar refractivity (Wildman–Crippen MR) is 111 cm³/mol. The van der Waals surface area contributed by atoms with E-state index in [1.165, 1.54) is 6.42 Å². The number of rotatable bonds is 5. The Morgan fingerprint density at radius 1 is 1.10 bits per heavy atom. The van der Waals surface area contributed by atoms with E-state index in [0.29, 0.717) is 31.9 Å². The molecule has 4 atom stereocenters. The number of carbonyl (C=O) groups is 2. The smallest absolute Gasteiger partial charge is 0.227 e. The number of hydrogen-bond donors (Lipinski definition) is 2. The Kier molecular flexibility index (Phi) is 7.02. The minimum atomic E-state index is -0.711. The molecule has 2 aliphatic heterocycles. The molecule has 1 saturated carbocycles. The molecule has 0 unspecified atom stereocenters. The number of benzene rings is 1. The summed E-state index contributed by atoms with van der Waals surface area (Å²) < 4.78 is 11.9. The Morgan fingerprint density at radius 2 is 1.90 bits per heavy atom. The molecule has 2 amide bonds. The van der Waals surface area contributed by atoms with E-state index in [0.717, 1.165) is 24.8 Å². The lowest BCUT2D eigenvalue weighted by atomic mass is 9.92. The van der Waals surface area contributed by atoms with Crippen LogP contribution in [0.25, 0.3) is 0 Å². The molecule has 0 spiro atoms. The quantitative estimate of drug-likeness (QED) is 0.758. The number of carbonyl (C=O) groups excluding carboxylic acids is 2. The molecule has 30 heavy (non-hydrogen) atoms. The van der Waals surface area contributed by atoms with E-state index in [1.54, 1.807) is 4.90 Å². The zero-order chi connectivity index (χ0) is 20.9. The van der Waals surface area contributed by atoms with Crippen molar-refractivity contribution in [3.8, 4) is 0 Å². The highest BCUT2D eigenvalue weighted by Crippen LogP contribution is 2.28. The lowest BCUT2D eigenvalue weighted by molar-refractivity contribution is -0.169. The zero-order valence-corrected chi connectivity index (χ0v) is 17.4. The van der Waals surface area contributed by atoms with Crippen LogP contribution in [0, 0.1) is 0 Å². The van der Waals surface area contributed by atoms with E-state index in [-0.39, 0.29) is 43.2 Å². The molecule has 1 aromatic carbocycles. The molecule has 7 heteroatoms. The van der Waals surface area contributed by atoms with Gasteiger partial charge in [-0.05, 0) is 37.7 Å². The van der Waals surface area contributed by atoms with Gasteiger partial charge in [-0.25, -0.2) is 0 Å². The van der Waals surface area contributed by atoms with E-state index >= 15 is 0 Å². The maximum atomic E-state index is 13.1. The van der Waals surface area contributed by atoms with Gasteiger partial charge in [0, 0.05) is 12.6 Å². The average Bonchev–Trinajstić information content (AvgIpc) is 2.69. The first-order valence-corrected chi connectivity index (χ1v) is 11.1. The molecule has 3 aliphatic rings. The summed E-state index contributed by atoms with van der Waals surface area (Å²) in [6, 6.07) is 9.82. The number of fused-ring (bicyclic) bond motifs is 1. The summed E-state index contributed by atoms with van der Waals surface area (Å²) in [6.45, 7) is 0.731. The molecular formula is C23H32N2O5. The summed E-state index contributed by atoms with van der Waals surface area (Å²) in [7, 11) is 0. The number of β-amino-alcohol motifs (C(OH)–C–C–N with tert-alkyl or cyclic N) is 1. The monoisotopic (exact) mass is 416 g/mol. The molecule has 1 aliphatic carbocycles. The predicted octanol–water partition coefficient (Wildman–Crippen LogP) is 1.42. The number of ether oxygens (including phenoxy) is 2. The Labute approximate surface area is 177 Å². The molecule has 164 valence electrons. The van der Waals surface area contributed by atoms with Gasteiger partial charge in [0.05, 0.1) is 44.3 Å². The van der Waals surface area contributed by atoms with Crippen LogP contribution in [-0.2, 0) is 25.5 Å². The van der Waals surface area contributed by atoms with Crippen LogP contribution in [0.3, 0.4) is 0 Å². The first kappa shape index (κ1) is 21.3. The van der Waals surface area contributed by atoms with Crippen LogP contribution in [0.5, 0.6) is 0 Å². The molecule has 0 radical (unpaired) electrons. The Bertz CT molecular complexity index is 724. The van der Waals surface area contributed by atoms with Gasteiger partial charge >= 0.3 is 0 Å². The van der Waals surface area contributed by atoms with Crippen molar-refractivity contribution in [1.82, 2.24) is 10.2 Å². The van der Waals surface area contributed by atoms with Crippen molar-refractivity contribution < 1.29 is 24.2 Å². The maximum absolute atomic E-state index is 13.1. The fraction of sp³-hybridized carbons (Fsp3) is 0.652. The Morgan fingerprint density at radius 3 is 2.63 bits per heavy atom. The van der Waals surface area contributed by atoms with Gasteiger partial charge in [0.1, 0.15) is 6.10 Å². The summed E-state index contributed by atoms with van der Waals surface area (Å²) in [5.74, 6) is 0.0317. The second-order valence-corrected chi connectivity index (χ2v) is 8.74. The van der Waals surface area contributed by atoms with Gasteiger partial charge in [0.2, 0.25) is 11.8 Å². The minimum Gasteiger partial charge on any atom is -0.389 e. The second kappa shape index (κ2) is 9.90. The highest BCUT2D eigenvalue weighted by molar-refractivity contribution is 5.79.